The third kappa shape index (κ3) is 5.99. The molecule has 0 bridgehead atoms. The van der Waals surface area contributed by atoms with Crippen LogP contribution >= 0.6 is 0 Å². The fourth-order valence-corrected chi connectivity index (χ4v) is 2.65. The zero-order valence-corrected chi connectivity index (χ0v) is 15.3. The van der Waals surface area contributed by atoms with E-state index in [1.807, 2.05) is 72.8 Å². The molecule has 0 aliphatic rings. The number of para-hydroxylation sites is 2. The van der Waals surface area contributed by atoms with Crippen molar-refractivity contribution in [2.45, 2.75) is 6.42 Å². The van der Waals surface area contributed by atoms with Crippen LogP contribution in [0.25, 0.3) is 0 Å². The molecule has 5 heteroatoms. The highest BCUT2D eigenvalue weighted by molar-refractivity contribution is 5.92. The van der Waals surface area contributed by atoms with Gasteiger partial charge in [-0.3, -0.25) is 4.79 Å². The number of carbonyl (C=O) groups is 2. The van der Waals surface area contributed by atoms with Crippen LogP contribution in [0.2, 0.25) is 0 Å². The predicted molar refractivity (Wildman–Crippen MR) is 107 cm³/mol. The first-order valence-corrected chi connectivity index (χ1v) is 8.96. The number of hydrogen-bond donors (Lipinski definition) is 1. The summed E-state index contributed by atoms with van der Waals surface area (Å²) in [5.41, 5.74) is 2.77. The van der Waals surface area contributed by atoms with Crippen molar-refractivity contribution in [2.75, 3.05) is 18.5 Å². The molecule has 0 unspecified atom stereocenters. The SMILES string of the molecule is O=C(COC(=O)COc1ccccc1Cc1ccccc1)Nc1ccccc1. The lowest BCUT2D eigenvalue weighted by Gasteiger charge is -2.11. The van der Waals surface area contributed by atoms with Gasteiger partial charge in [-0.1, -0.05) is 66.7 Å². The van der Waals surface area contributed by atoms with E-state index in [-0.39, 0.29) is 13.2 Å². The number of rotatable bonds is 8. The Kier molecular flexibility index (Phi) is 6.79. The Morgan fingerprint density at radius 2 is 1.39 bits per heavy atom. The van der Waals surface area contributed by atoms with Gasteiger partial charge < -0.3 is 14.8 Å². The fraction of sp³-hybridized carbons (Fsp3) is 0.130. The molecule has 0 saturated heterocycles. The van der Waals surface area contributed by atoms with E-state index in [0.717, 1.165) is 11.1 Å². The van der Waals surface area contributed by atoms with Crippen molar-refractivity contribution in [2.24, 2.45) is 0 Å². The first kappa shape index (κ1) is 19.2. The molecule has 0 radical (unpaired) electrons. The Balaban J connectivity index is 1.47. The van der Waals surface area contributed by atoms with Crippen molar-refractivity contribution in [3.05, 3.63) is 96.1 Å². The predicted octanol–water partition coefficient (Wildman–Crippen LogP) is 3.84. The summed E-state index contributed by atoms with van der Waals surface area (Å²) in [6, 6.07) is 26.5. The van der Waals surface area contributed by atoms with Crippen LogP contribution in [0, 0.1) is 0 Å². The molecule has 3 rings (SSSR count). The van der Waals surface area contributed by atoms with Gasteiger partial charge in [-0.05, 0) is 29.3 Å². The summed E-state index contributed by atoms with van der Waals surface area (Å²) >= 11 is 0. The lowest BCUT2D eigenvalue weighted by Crippen LogP contribution is -2.23. The van der Waals surface area contributed by atoms with Crippen LogP contribution in [0.3, 0.4) is 0 Å². The van der Waals surface area contributed by atoms with Gasteiger partial charge >= 0.3 is 5.97 Å². The number of benzene rings is 3. The first-order chi connectivity index (χ1) is 13.7. The molecule has 28 heavy (non-hydrogen) atoms. The average molecular weight is 375 g/mol. The third-order valence-corrected chi connectivity index (χ3v) is 3.98. The minimum absolute atomic E-state index is 0.260. The Hall–Kier alpha value is -3.60. The molecule has 0 spiro atoms. The van der Waals surface area contributed by atoms with Gasteiger partial charge in [-0.25, -0.2) is 4.79 Å². The van der Waals surface area contributed by atoms with E-state index < -0.39 is 11.9 Å². The monoisotopic (exact) mass is 375 g/mol. The lowest BCUT2D eigenvalue weighted by atomic mass is 10.0. The van der Waals surface area contributed by atoms with E-state index in [1.165, 1.54) is 0 Å². The maximum Gasteiger partial charge on any atom is 0.344 e. The Morgan fingerprint density at radius 1 is 0.750 bits per heavy atom. The number of nitrogens with one attached hydrogen (secondary N) is 1. The average Bonchev–Trinajstić information content (AvgIpc) is 2.73. The highest BCUT2D eigenvalue weighted by Gasteiger charge is 2.11. The standard InChI is InChI=1S/C23H21NO4/c25-22(24-20-12-5-2-6-13-20)16-28-23(26)17-27-21-14-8-7-11-19(21)15-18-9-3-1-4-10-18/h1-14H,15-17H2,(H,24,25). The second-order valence-electron chi connectivity index (χ2n) is 6.13. The molecule has 5 nitrogen and oxygen atoms in total. The Labute approximate surface area is 163 Å². The van der Waals surface area contributed by atoms with Crippen LogP contribution in [-0.4, -0.2) is 25.1 Å². The Bertz CT molecular complexity index is 910. The minimum Gasteiger partial charge on any atom is -0.482 e. The molecule has 0 aliphatic heterocycles. The van der Waals surface area contributed by atoms with Crippen molar-refractivity contribution in [1.29, 1.82) is 0 Å². The summed E-state index contributed by atoms with van der Waals surface area (Å²) in [7, 11) is 0. The molecule has 1 amide bonds. The van der Waals surface area contributed by atoms with Gasteiger partial charge in [0.2, 0.25) is 0 Å². The van der Waals surface area contributed by atoms with Crippen molar-refractivity contribution in [1.82, 2.24) is 0 Å². The molecular weight excluding hydrogens is 354 g/mol. The molecule has 0 atom stereocenters. The summed E-state index contributed by atoms with van der Waals surface area (Å²) in [5.74, 6) is -0.376. The Morgan fingerprint density at radius 3 is 2.14 bits per heavy atom. The highest BCUT2D eigenvalue weighted by Crippen LogP contribution is 2.21. The van der Waals surface area contributed by atoms with E-state index in [9.17, 15) is 9.59 Å². The quantitative estimate of drug-likeness (QED) is 0.608. The number of anilines is 1. The van der Waals surface area contributed by atoms with Gasteiger partial charge in [0.05, 0.1) is 0 Å². The number of amides is 1. The molecule has 0 aromatic heterocycles. The topological polar surface area (TPSA) is 64.6 Å². The molecular formula is C23H21NO4. The molecule has 0 aliphatic carbocycles. The maximum absolute atomic E-state index is 11.9. The zero-order valence-electron chi connectivity index (χ0n) is 15.3. The largest absolute Gasteiger partial charge is 0.482 e. The summed E-state index contributed by atoms with van der Waals surface area (Å²) in [6.07, 6.45) is 0.700. The van der Waals surface area contributed by atoms with Crippen molar-refractivity contribution >= 4 is 17.6 Å². The second-order valence-corrected chi connectivity index (χ2v) is 6.13. The molecule has 142 valence electrons. The summed E-state index contributed by atoms with van der Waals surface area (Å²) in [4.78, 5) is 23.7. The molecule has 0 fully saturated rings. The van der Waals surface area contributed by atoms with Gasteiger partial charge in [0.15, 0.2) is 13.2 Å². The third-order valence-electron chi connectivity index (χ3n) is 3.98. The maximum atomic E-state index is 11.9. The van der Waals surface area contributed by atoms with Crippen LogP contribution in [0.5, 0.6) is 5.75 Å². The lowest BCUT2D eigenvalue weighted by molar-refractivity contribution is -0.149. The number of ether oxygens (including phenoxy) is 2. The van der Waals surface area contributed by atoms with E-state index >= 15 is 0 Å². The molecule has 1 N–H and O–H groups in total. The molecule has 3 aromatic carbocycles. The van der Waals surface area contributed by atoms with Gasteiger partial charge in [0.1, 0.15) is 5.75 Å². The van der Waals surface area contributed by atoms with Gasteiger partial charge in [-0.2, -0.15) is 0 Å². The fourth-order valence-electron chi connectivity index (χ4n) is 2.65. The second kappa shape index (κ2) is 9.92. The molecule has 0 saturated carbocycles. The van der Waals surface area contributed by atoms with Gasteiger partial charge in [0, 0.05) is 12.1 Å². The summed E-state index contributed by atoms with van der Waals surface area (Å²) in [5, 5.41) is 2.65. The highest BCUT2D eigenvalue weighted by atomic mass is 16.6. The summed E-state index contributed by atoms with van der Waals surface area (Å²) < 4.78 is 10.6. The first-order valence-electron chi connectivity index (χ1n) is 8.96. The van der Waals surface area contributed by atoms with E-state index in [1.54, 1.807) is 12.1 Å². The smallest absolute Gasteiger partial charge is 0.344 e. The van der Waals surface area contributed by atoms with Gasteiger partial charge in [-0.15, -0.1) is 0 Å². The van der Waals surface area contributed by atoms with Crippen molar-refractivity contribution in [3.8, 4) is 5.75 Å². The van der Waals surface area contributed by atoms with Crippen LogP contribution in [0.4, 0.5) is 5.69 Å². The van der Waals surface area contributed by atoms with Crippen LogP contribution in [0.1, 0.15) is 11.1 Å². The van der Waals surface area contributed by atoms with Crippen LogP contribution in [-0.2, 0) is 20.7 Å². The van der Waals surface area contributed by atoms with Crippen LogP contribution in [0.15, 0.2) is 84.9 Å². The minimum atomic E-state index is -0.599. The molecule has 3 aromatic rings. The summed E-state index contributed by atoms with van der Waals surface area (Å²) in [6.45, 7) is -0.618. The normalized spacial score (nSPS) is 10.1. The van der Waals surface area contributed by atoms with E-state index in [0.29, 0.717) is 17.9 Å². The van der Waals surface area contributed by atoms with Crippen molar-refractivity contribution in [3.63, 3.8) is 0 Å². The number of hydrogen-bond acceptors (Lipinski definition) is 4. The van der Waals surface area contributed by atoms with Crippen molar-refractivity contribution < 1.29 is 19.1 Å². The van der Waals surface area contributed by atoms with Gasteiger partial charge in [0.25, 0.3) is 5.91 Å². The zero-order chi connectivity index (χ0) is 19.6. The van der Waals surface area contributed by atoms with E-state index in [2.05, 4.69) is 5.32 Å². The van der Waals surface area contributed by atoms with Crippen LogP contribution < -0.4 is 10.1 Å². The number of esters is 1. The number of carbonyl (C=O) groups excluding carboxylic acids is 2. The molecule has 0 heterocycles. The van der Waals surface area contributed by atoms with E-state index in [4.69, 9.17) is 9.47 Å².